The van der Waals surface area contributed by atoms with E-state index in [0.29, 0.717) is 0 Å². The van der Waals surface area contributed by atoms with Crippen LogP contribution in [0.2, 0.25) is 0 Å². The molecule has 5 heteroatoms. The molecule has 5 rings (SSSR count). The molecule has 3 saturated carbocycles. The molecule has 128 valence electrons. The summed E-state index contributed by atoms with van der Waals surface area (Å²) in [6, 6.07) is 8.15. The van der Waals surface area contributed by atoms with Gasteiger partial charge in [0.1, 0.15) is 11.4 Å². The van der Waals surface area contributed by atoms with E-state index >= 15 is 0 Å². The van der Waals surface area contributed by atoms with E-state index in [4.69, 9.17) is 9.72 Å². The average molecular weight is 327 g/mol. The molecule has 2 N–H and O–H groups in total. The van der Waals surface area contributed by atoms with E-state index in [0.717, 1.165) is 49.0 Å². The number of alkyl carbamates (subject to hydrolysis) is 1. The fourth-order valence-corrected chi connectivity index (χ4v) is 4.52. The first kappa shape index (κ1) is 15.5. The molecule has 1 aromatic heterocycles. The Morgan fingerprint density at radius 2 is 2.00 bits per heavy atom. The maximum atomic E-state index is 12.2. The van der Waals surface area contributed by atoms with Gasteiger partial charge in [-0.05, 0) is 58.6 Å². The fraction of sp³-hybridized carbons (Fsp3) is 0.579. The predicted molar refractivity (Wildman–Crippen MR) is 93.0 cm³/mol. The SMILES string of the molecule is CC(C)(C)OC(=O)NC12CCCC(c3nc4ccccc4[nH]3)(C1)C2. The molecule has 0 atom stereocenters. The molecule has 3 aliphatic rings. The molecule has 3 aliphatic carbocycles. The largest absolute Gasteiger partial charge is 0.444 e. The number of carbonyl (C=O) groups is 1. The first-order valence-electron chi connectivity index (χ1n) is 8.76. The molecule has 2 bridgehead atoms. The number of amides is 1. The van der Waals surface area contributed by atoms with Crippen molar-refractivity contribution in [3.05, 3.63) is 30.1 Å². The highest BCUT2D eigenvalue weighted by Gasteiger charge is 2.60. The minimum atomic E-state index is -0.463. The van der Waals surface area contributed by atoms with Crippen LogP contribution < -0.4 is 5.32 Å². The zero-order valence-electron chi connectivity index (χ0n) is 14.6. The minimum Gasteiger partial charge on any atom is -0.444 e. The van der Waals surface area contributed by atoms with Gasteiger partial charge in [-0.15, -0.1) is 0 Å². The Kier molecular flexibility index (Phi) is 3.21. The fourth-order valence-electron chi connectivity index (χ4n) is 4.52. The second kappa shape index (κ2) is 4.98. The zero-order valence-corrected chi connectivity index (χ0v) is 14.6. The van der Waals surface area contributed by atoms with Gasteiger partial charge in [0.2, 0.25) is 0 Å². The molecule has 0 unspecified atom stereocenters. The van der Waals surface area contributed by atoms with Crippen molar-refractivity contribution in [3.63, 3.8) is 0 Å². The molecule has 0 saturated heterocycles. The molecule has 24 heavy (non-hydrogen) atoms. The second-order valence-corrected chi connectivity index (χ2v) is 8.50. The third-order valence-electron chi connectivity index (χ3n) is 5.32. The summed E-state index contributed by atoms with van der Waals surface area (Å²) in [5, 5.41) is 3.14. The van der Waals surface area contributed by atoms with E-state index in [2.05, 4.69) is 16.4 Å². The van der Waals surface area contributed by atoms with Crippen LogP contribution in [0.15, 0.2) is 24.3 Å². The summed E-state index contributed by atoms with van der Waals surface area (Å²) in [6.45, 7) is 5.68. The molecular formula is C19H25N3O2. The number of fused-ring (bicyclic) bond motifs is 3. The second-order valence-electron chi connectivity index (χ2n) is 8.50. The molecule has 1 amide bonds. The lowest BCUT2D eigenvalue weighted by molar-refractivity contribution is -0.0118. The van der Waals surface area contributed by atoms with Gasteiger partial charge in [-0.3, -0.25) is 0 Å². The van der Waals surface area contributed by atoms with Crippen LogP contribution in [-0.4, -0.2) is 27.2 Å². The third kappa shape index (κ3) is 2.56. The van der Waals surface area contributed by atoms with E-state index in [9.17, 15) is 4.79 Å². The molecule has 2 aromatic rings. The number of nitrogens with one attached hydrogen (secondary N) is 2. The summed E-state index contributed by atoms with van der Waals surface area (Å²) in [5.41, 5.74) is 1.59. The zero-order chi connectivity index (χ0) is 17.0. The number of carbonyl (C=O) groups excluding carboxylic acids is 1. The van der Waals surface area contributed by atoms with E-state index in [-0.39, 0.29) is 17.0 Å². The Labute approximate surface area is 142 Å². The number of hydrogen-bond acceptors (Lipinski definition) is 3. The first-order valence-corrected chi connectivity index (χ1v) is 8.76. The number of para-hydroxylation sites is 2. The van der Waals surface area contributed by atoms with Crippen molar-refractivity contribution >= 4 is 17.1 Å². The maximum Gasteiger partial charge on any atom is 0.408 e. The van der Waals surface area contributed by atoms with E-state index in [1.54, 1.807) is 0 Å². The van der Waals surface area contributed by atoms with Gasteiger partial charge >= 0.3 is 6.09 Å². The van der Waals surface area contributed by atoms with Gasteiger partial charge in [0.15, 0.2) is 0 Å². The van der Waals surface area contributed by atoms with Gasteiger partial charge in [-0.2, -0.15) is 0 Å². The van der Waals surface area contributed by atoms with E-state index < -0.39 is 5.60 Å². The summed E-state index contributed by atoms with van der Waals surface area (Å²) in [5.74, 6) is 1.07. The smallest absolute Gasteiger partial charge is 0.408 e. The van der Waals surface area contributed by atoms with Crippen molar-refractivity contribution in [2.24, 2.45) is 0 Å². The Morgan fingerprint density at radius 1 is 1.25 bits per heavy atom. The lowest BCUT2D eigenvalue weighted by Crippen LogP contribution is -2.67. The minimum absolute atomic E-state index is 0.0757. The maximum absolute atomic E-state index is 12.2. The van der Waals surface area contributed by atoms with Crippen molar-refractivity contribution in [1.29, 1.82) is 0 Å². The molecule has 0 radical (unpaired) electrons. The monoisotopic (exact) mass is 327 g/mol. The molecular weight excluding hydrogens is 302 g/mol. The summed E-state index contributed by atoms with van der Waals surface area (Å²) < 4.78 is 5.44. The summed E-state index contributed by atoms with van der Waals surface area (Å²) in [6.07, 6.45) is 4.84. The van der Waals surface area contributed by atoms with Gasteiger partial charge in [0.25, 0.3) is 0 Å². The normalized spacial score (nSPS) is 29.1. The van der Waals surface area contributed by atoms with Crippen LogP contribution in [0, 0.1) is 0 Å². The third-order valence-corrected chi connectivity index (χ3v) is 5.32. The highest BCUT2D eigenvalue weighted by molar-refractivity contribution is 5.75. The number of aromatic nitrogens is 2. The van der Waals surface area contributed by atoms with Gasteiger partial charge in [-0.1, -0.05) is 18.6 Å². The van der Waals surface area contributed by atoms with Gasteiger partial charge in [0, 0.05) is 11.0 Å². The van der Waals surface area contributed by atoms with Crippen LogP contribution in [0.4, 0.5) is 4.79 Å². The Balaban J connectivity index is 1.52. The van der Waals surface area contributed by atoms with E-state index in [1.165, 1.54) is 0 Å². The van der Waals surface area contributed by atoms with Crippen molar-refractivity contribution in [2.75, 3.05) is 0 Å². The topological polar surface area (TPSA) is 67.0 Å². The average Bonchev–Trinajstić information content (AvgIpc) is 2.88. The number of hydrogen-bond donors (Lipinski definition) is 2. The van der Waals surface area contributed by atoms with Crippen molar-refractivity contribution in [3.8, 4) is 0 Å². The van der Waals surface area contributed by atoms with Crippen LogP contribution in [0.1, 0.15) is 58.7 Å². The molecule has 0 aliphatic heterocycles. The number of H-pyrrole nitrogens is 1. The number of imidazole rings is 1. The highest BCUT2D eigenvalue weighted by Crippen LogP contribution is 2.58. The molecule has 1 aromatic carbocycles. The molecule has 0 spiro atoms. The van der Waals surface area contributed by atoms with Crippen LogP contribution in [0.3, 0.4) is 0 Å². The van der Waals surface area contributed by atoms with Crippen molar-refractivity contribution in [1.82, 2.24) is 15.3 Å². The van der Waals surface area contributed by atoms with Gasteiger partial charge < -0.3 is 15.0 Å². The lowest BCUT2D eigenvalue weighted by Gasteiger charge is -2.59. The Morgan fingerprint density at radius 3 is 2.71 bits per heavy atom. The molecule has 3 fully saturated rings. The van der Waals surface area contributed by atoms with Crippen molar-refractivity contribution in [2.45, 2.75) is 69.4 Å². The summed E-state index contributed by atoms with van der Waals surface area (Å²) in [7, 11) is 0. The van der Waals surface area contributed by atoms with Gasteiger partial charge in [-0.25, -0.2) is 9.78 Å². The van der Waals surface area contributed by atoms with Gasteiger partial charge in [0.05, 0.1) is 11.0 Å². The molecule has 5 nitrogen and oxygen atoms in total. The van der Waals surface area contributed by atoms with Crippen LogP contribution in [-0.2, 0) is 10.2 Å². The Bertz CT molecular complexity index is 748. The number of ether oxygens (including phenoxy) is 1. The van der Waals surface area contributed by atoms with Crippen LogP contribution in [0.25, 0.3) is 11.0 Å². The number of rotatable bonds is 2. The lowest BCUT2D eigenvalue weighted by atomic mass is 9.49. The first-order chi connectivity index (χ1) is 11.3. The predicted octanol–water partition coefficient (Wildman–Crippen LogP) is 4.04. The molecule has 1 heterocycles. The Hall–Kier alpha value is -2.04. The highest BCUT2D eigenvalue weighted by atomic mass is 16.6. The summed E-state index contributed by atoms with van der Waals surface area (Å²) >= 11 is 0. The number of benzene rings is 1. The van der Waals surface area contributed by atoms with Crippen molar-refractivity contribution < 1.29 is 9.53 Å². The van der Waals surface area contributed by atoms with Crippen LogP contribution >= 0.6 is 0 Å². The standard InChI is InChI=1S/C19H25N3O2/c1-17(2,3)24-16(23)22-19-10-6-9-18(11-19,12-19)15-20-13-7-4-5-8-14(13)21-15/h4-5,7-8H,6,9-12H2,1-3H3,(H,20,21)(H,22,23). The van der Waals surface area contributed by atoms with E-state index in [1.807, 2.05) is 39.0 Å². The summed E-state index contributed by atoms with van der Waals surface area (Å²) in [4.78, 5) is 20.5. The number of aromatic amines is 1. The quantitative estimate of drug-likeness (QED) is 0.874. The number of nitrogens with zero attached hydrogens (tertiary/aromatic N) is 1. The van der Waals surface area contributed by atoms with Crippen LogP contribution in [0.5, 0.6) is 0 Å².